The summed E-state index contributed by atoms with van der Waals surface area (Å²) in [5.41, 5.74) is 1.75. The van der Waals surface area contributed by atoms with Crippen LogP contribution in [0, 0.1) is 0 Å². The van der Waals surface area contributed by atoms with Crippen LogP contribution in [0.1, 0.15) is 12.0 Å². The molecular weight excluding hydrogens is 316 g/mol. The summed E-state index contributed by atoms with van der Waals surface area (Å²) in [5.74, 6) is -0.573. The highest BCUT2D eigenvalue weighted by Gasteiger charge is 2.34. The number of hydrogen-bond acceptors (Lipinski definition) is 3. The molecule has 0 unspecified atom stereocenters. The third-order valence-corrected chi connectivity index (χ3v) is 3.38. The third kappa shape index (κ3) is 2.13. The molecule has 0 aliphatic carbocycles. The highest BCUT2D eigenvalue weighted by Crippen LogP contribution is 2.35. The Kier molecular flexibility index (Phi) is 3.68. The lowest BCUT2D eigenvalue weighted by Gasteiger charge is -2.22. The van der Waals surface area contributed by atoms with Crippen LogP contribution in [0.2, 0.25) is 0 Å². The van der Waals surface area contributed by atoms with Crippen LogP contribution in [0.15, 0.2) is 40.7 Å². The van der Waals surface area contributed by atoms with Crippen molar-refractivity contribution in [1.29, 1.82) is 0 Å². The summed E-state index contributed by atoms with van der Waals surface area (Å²) in [6.07, 6.45) is -0.145. The molecule has 4 nitrogen and oxygen atoms in total. The molecule has 2 amide bonds. The minimum atomic E-state index is -0.364. The van der Waals surface area contributed by atoms with Gasteiger partial charge < -0.3 is 17.0 Å². The SMILES string of the molecule is O=C1CC(=O)N2C(c3ccccc3)=CSC2=N1.[Br-]. The molecule has 0 saturated heterocycles. The Labute approximate surface area is 119 Å². The van der Waals surface area contributed by atoms with E-state index in [1.807, 2.05) is 35.7 Å². The van der Waals surface area contributed by atoms with E-state index in [0.717, 1.165) is 11.3 Å². The average molecular weight is 324 g/mol. The van der Waals surface area contributed by atoms with Gasteiger partial charge in [0.2, 0.25) is 5.91 Å². The predicted molar refractivity (Wildman–Crippen MR) is 65.9 cm³/mol. The molecule has 1 aromatic rings. The average Bonchev–Trinajstić information content (AvgIpc) is 2.74. The van der Waals surface area contributed by atoms with Crippen LogP contribution >= 0.6 is 11.8 Å². The first-order valence-corrected chi connectivity index (χ1v) is 6.00. The monoisotopic (exact) mass is 323 g/mol. The van der Waals surface area contributed by atoms with Gasteiger partial charge in [-0.05, 0) is 5.56 Å². The second-order valence-corrected chi connectivity index (χ2v) is 4.52. The van der Waals surface area contributed by atoms with Crippen LogP contribution in [-0.4, -0.2) is 21.9 Å². The summed E-state index contributed by atoms with van der Waals surface area (Å²) < 4.78 is 0. The van der Waals surface area contributed by atoms with Gasteiger partial charge in [-0.3, -0.25) is 14.5 Å². The van der Waals surface area contributed by atoms with E-state index >= 15 is 0 Å². The number of nitrogens with zero attached hydrogens (tertiary/aromatic N) is 2. The van der Waals surface area contributed by atoms with Crippen molar-refractivity contribution in [3.63, 3.8) is 0 Å². The van der Waals surface area contributed by atoms with E-state index in [1.165, 1.54) is 16.7 Å². The van der Waals surface area contributed by atoms with Crippen LogP contribution in [0.4, 0.5) is 0 Å². The molecule has 2 aliphatic rings. The van der Waals surface area contributed by atoms with Crippen molar-refractivity contribution in [2.24, 2.45) is 4.99 Å². The molecule has 0 fully saturated rings. The summed E-state index contributed by atoms with van der Waals surface area (Å²) in [6, 6.07) is 9.60. The molecule has 18 heavy (non-hydrogen) atoms. The number of thioether (sulfide) groups is 1. The molecule has 0 spiro atoms. The van der Waals surface area contributed by atoms with E-state index in [9.17, 15) is 9.59 Å². The maximum Gasteiger partial charge on any atom is 0.257 e. The Bertz CT molecular complexity index is 569. The predicted octanol–water partition coefficient (Wildman–Crippen LogP) is -1.15. The number of carbonyl (C=O) groups excluding carboxylic acids is 2. The number of aliphatic imine (C=N–C) groups is 1. The molecule has 0 atom stereocenters. The number of amidine groups is 1. The van der Waals surface area contributed by atoms with Gasteiger partial charge in [-0.25, -0.2) is 0 Å². The fourth-order valence-corrected chi connectivity index (χ4v) is 2.71. The van der Waals surface area contributed by atoms with Gasteiger partial charge in [0.05, 0.1) is 5.70 Å². The standard InChI is InChI=1S/C12H8N2O2S.BrH/c15-10-6-11(16)14-9(7-17-12(14)13-10)8-4-2-1-3-5-8;/h1-5,7H,6H2;1H/p-1. The number of rotatable bonds is 1. The number of hydrogen-bond donors (Lipinski definition) is 0. The lowest BCUT2D eigenvalue weighted by atomic mass is 10.1. The van der Waals surface area contributed by atoms with Gasteiger partial charge in [-0.2, -0.15) is 4.99 Å². The quantitative estimate of drug-likeness (QED) is 0.613. The van der Waals surface area contributed by atoms with Crippen molar-refractivity contribution in [1.82, 2.24) is 4.90 Å². The summed E-state index contributed by atoms with van der Waals surface area (Å²) in [5, 5.41) is 2.31. The zero-order chi connectivity index (χ0) is 11.8. The Morgan fingerprint density at radius 2 is 1.89 bits per heavy atom. The van der Waals surface area contributed by atoms with Crippen LogP contribution in [0.3, 0.4) is 0 Å². The van der Waals surface area contributed by atoms with Crippen molar-refractivity contribution in [2.45, 2.75) is 6.42 Å². The van der Waals surface area contributed by atoms with Gasteiger partial charge in [-0.1, -0.05) is 42.1 Å². The molecule has 6 heteroatoms. The fraction of sp³-hybridized carbons (Fsp3) is 0.0833. The first kappa shape index (κ1) is 13.0. The molecule has 0 radical (unpaired) electrons. The minimum absolute atomic E-state index is 0. The highest BCUT2D eigenvalue weighted by molar-refractivity contribution is 8.17. The molecule has 0 bridgehead atoms. The Morgan fingerprint density at radius 1 is 1.17 bits per heavy atom. The Morgan fingerprint density at radius 3 is 2.61 bits per heavy atom. The zero-order valence-electron chi connectivity index (χ0n) is 9.17. The van der Waals surface area contributed by atoms with E-state index in [-0.39, 0.29) is 35.2 Å². The highest BCUT2D eigenvalue weighted by atomic mass is 79.9. The summed E-state index contributed by atoms with van der Waals surface area (Å²) in [4.78, 5) is 28.4. The largest absolute Gasteiger partial charge is 1.00 e. The molecule has 92 valence electrons. The first-order valence-electron chi connectivity index (χ1n) is 5.12. The minimum Gasteiger partial charge on any atom is -1.00 e. The van der Waals surface area contributed by atoms with E-state index in [4.69, 9.17) is 0 Å². The number of carbonyl (C=O) groups is 2. The lowest BCUT2D eigenvalue weighted by Crippen LogP contribution is -3.00. The molecule has 0 aromatic heterocycles. The van der Waals surface area contributed by atoms with Gasteiger partial charge in [0, 0.05) is 5.41 Å². The van der Waals surface area contributed by atoms with Gasteiger partial charge in [-0.15, -0.1) is 0 Å². The topological polar surface area (TPSA) is 49.7 Å². The van der Waals surface area contributed by atoms with Crippen molar-refractivity contribution in [3.8, 4) is 0 Å². The molecule has 2 aliphatic heterocycles. The second kappa shape index (κ2) is 5.07. The van der Waals surface area contributed by atoms with E-state index in [2.05, 4.69) is 4.99 Å². The smallest absolute Gasteiger partial charge is 0.257 e. The molecule has 3 rings (SSSR count). The first-order chi connectivity index (χ1) is 8.25. The number of amides is 2. The number of fused-ring (bicyclic) bond motifs is 1. The van der Waals surface area contributed by atoms with Crippen molar-refractivity contribution in [2.75, 3.05) is 0 Å². The van der Waals surface area contributed by atoms with Crippen LogP contribution in [0.25, 0.3) is 5.70 Å². The zero-order valence-corrected chi connectivity index (χ0v) is 11.6. The van der Waals surface area contributed by atoms with Crippen molar-refractivity contribution in [3.05, 3.63) is 41.3 Å². The van der Waals surface area contributed by atoms with Crippen molar-refractivity contribution < 1.29 is 26.6 Å². The maximum absolute atomic E-state index is 11.8. The van der Waals surface area contributed by atoms with Gasteiger partial charge >= 0.3 is 0 Å². The van der Waals surface area contributed by atoms with Crippen LogP contribution in [0.5, 0.6) is 0 Å². The number of halogens is 1. The lowest BCUT2D eigenvalue weighted by molar-refractivity contribution is -0.131. The maximum atomic E-state index is 11.8. The van der Waals surface area contributed by atoms with E-state index < -0.39 is 0 Å². The second-order valence-electron chi connectivity index (χ2n) is 3.68. The third-order valence-electron chi connectivity index (χ3n) is 2.55. The molecule has 2 heterocycles. The Balaban J connectivity index is 0.00000120. The van der Waals surface area contributed by atoms with Crippen LogP contribution < -0.4 is 17.0 Å². The summed E-state index contributed by atoms with van der Waals surface area (Å²) in [7, 11) is 0. The molecule has 0 saturated carbocycles. The van der Waals surface area contributed by atoms with Crippen LogP contribution in [-0.2, 0) is 9.59 Å². The van der Waals surface area contributed by atoms with Gasteiger partial charge in [0.25, 0.3) is 5.91 Å². The fourth-order valence-electron chi connectivity index (χ4n) is 1.80. The van der Waals surface area contributed by atoms with Gasteiger partial charge in [0.1, 0.15) is 6.42 Å². The van der Waals surface area contributed by atoms with Gasteiger partial charge in [0.15, 0.2) is 5.17 Å². The Hall–Kier alpha value is -1.40. The molecular formula is C12H8BrN2O2S-. The summed E-state index contributed by atoms with van der Waals surface area (Å²) in [6.45, 7) is 0. The van der Waals surface area contributed by atoms with E-state index in [1.54, 1.807) is 0 Å². The molecule has 1 aromatic carbocycles. The van der Waals surface area contributed by atoms with Crippen molar-refractivity contribution >= 4 is 34.4 Å². The van der Waals surface area contributed by atoms with E-state index in [0.29, 0.717) is 5.17 Å². The number of benzene rings is 1. The summed E-state index contributed by atoms with van der Waals surface area (Å²) >= 11 is 1.31. The normalized spacial score (nSPS) is 17.9. The molecule has 0 N–H and O–H groups in total.